The predicted octanol–water partition coefficient (Wildman–Crippen LogP) is 0.809. The second-order valence-electron chi connectivity index (χ2n) is 4.15. The van der Waals surface area contributed by atoms with Crippen LogP contribution in [0.4, 0.5) is 0 Å². The van der Waals surface area contributed by atoms with Crippen molar-refractivity contribution in [2.45, 2.75) is 19.9 Å². The lowest BCUT2D eigenvalue weighted by atomic mass is 10.1. The van der Waals surface area contributed by atoms with E-state index in [0.29, 0.717) is 23.8 Å². The third-order valence-electron chi connectivity index (χ3n) is 2.63. The quantitative estimate of drug-likeness (QED) is 0.829. The van der Waals surface area contributed by atoms with Gasteiger partial charge in [0, 0.05) is 12.5 Å². The molecular formula is C13H16N4O2. The number of aromatic nitrogens is 2. The Bertz CT molecular complexity index is 548. The summed E-state index contributed by atoms with van der Waals surface area (Å²) in [5.74, 6) is 0.780. The molecule has 0 saturated heterocycles. The fourth-order valence-electron chi connectivity index (χ4n) is 1.66. The molecule has 6 heteroatoms. The molecule has 0 fully saturated rings. The van der Waals surface area contributed by atoms with E-state index in [1.807, 2.05) is 12.1 Å². The molecule has 0 aliphatic rings. The number of amides is 1. The van der Waals surface area contributed by atoms with Gasteiger partial charge in [0.25, 0.3) is 5.91 Å². The molecule has 0 aliphatic carbocycles. The van der Waals surface area contributed by atoms with Crippen LogP contribution < -0.4 is 11.1 Å². The van der Waals surface area contributed by atoms with Crippen molar-refractivity contribution in [2.75, 3.05) is 6.54 Å². The number of hydrogen-bond acceptors (Lipinski definition) is 5. The van der Waals surface area contributed by atoms with Gasteiger partial charge in [0.2, 0.25) is 5.89 Å². The van der Waals surface area contributed by atoms with Crippen molar-refractivity contribution in [1.29, 1.82) is 0 Å². The standard InChI is InChI=1S/C13H16N4O2/c1-9-16-12(17-19-9)8-15-13(18)11-4-2-10(3-5-11)6-7-14/h2-5H,6-8,14H2,1H3,(H,15,18). The van der Waals surface area contributed by atoms with Gasteiger partial charge in [-0.2, -0.15) is 4.98 Å². The molecule has 100 valence electrons. The van der Waals surface area contributed by atoms with E-state index in [0.717, 1.165) is 12.0 Å². The summed E-state index contributed by atoms with van der Waals surface area (Å²) in [5, 5.41) is 6.44. The Morgan fingerprint density at radius 2 is 2.11 bits per heavy atom. The predicted molar refractivity (Wildman–Crippen MR) is 69.4 cm³/mol. The number of nitrogens with zero attached hydrogens (tertiary/aromatic N) is 2. The number of aryl methyl sites for hydroxylation is 1. The molecule has 1 aromatic carbocycles. The topological polar surface area (TPSA) is 94.0 Å². The summed E-state index contributed by atoms with van der Waals surface area (Å²) < 4.78 is 4.82. The molecule has 0 bridgehead atoms. The number of benzene rings is 1. The number of nitrogens with two attached hydrogens (primary N) is 1. The van der Waals surface area contributed by atoms with Gasteiger partial charge >= 0.3 is 0 Å². The maximum atomic E-state index is 11.9. The molecule has 0 unspecified atom stereocenters. The molecular weight excluding hydrogens is 244 g/mol. The highest BCUT2D eigenvalue weighted by atomic mass is 16.5. The summed E-state index contributed by atoms with van der Waals surface area (Å²) in [6, 6.07) is 7.37. The lowest BCUT2D eigenvalue weighted by molar-refractivity contribution is 0.0949. The molecule has 19 heavy (non-hydrogen) atoms. The van der Waals surface area contributed by atoms with Gasteiger partial charge in [-0.1, -0.05) is 17.3 Å². The Kier molecular flexibility index (Phi) is 4.25. The number of hydrogen-bond donors (Lipinski definition) is 2. The number of nitrogens with one attached hydrogen (secondary N) is 1. The zero-order chi connectivity index (χ0) is 13.7. The van der Waals surface area contributed by atoms with Crippen LogP contribution in [-0.2, 0) is 13.0 Å². The van der Waals surface area contributed by atoms with Gasteiger partial charge in [-0.05, 0) is 30.7 Å². The van der Waals surface area contributed by atoms with E-state index in [2.05, 4.69) is 15.5 Å². The first-order valence-corrected chi connectivity index (χ1v) is 6.05. The Hall–Kier alpha value is -2.21. The van der Waals surface area contributed by atoms with Gasteiger partial charge in [0.05, 0.1) is 6.54 Å². The van der Waals surface area contributed by atoms with E-state index in [1.54, 1.807) is 19.1 Å². The molecule has 2 rings (SSSR count). The van der Waals surface area contributed by atoms with Crippen LogP contribution in [-0.4, -0.2) is 22.6 Å². The van der Waals surface area contributed by atoms with Gasteiger partial charge < -0.3 is 15.6 Å². The molecule has 0 saturated carbocycles. The van der Waals surface area contributed by atoms with E-state index in [9.17, 15) is 4.79 Å². The van der Waals surface area contributed by atoms with Crippen LogP contribution in [0, 0.1) is 6.92 Å². The molecule has 0 spiro atoms. The van der Waals surface area contributed by atoms with E-state index in [-0.39, 0.29) is 12.5 Å². The minimum absolute atomic E-state index is 0.165. The monoisotopic (exact) mass is 260 g/mol. The van der Waals surface area contributed by atoms with Crippen molar-refractivity contribution in [1.82, 2.24) is 15.5 Å². The van der Waals surface area contributed by atoms with Crippen molar-refractivity contribution in [3.05, 3.63) is 47.1 Å². The van der Waals surface area contributed by atoms with E-state index >= 15 is 0 Å². The van der Waals surface area contributed by atoms with Gasteiger partial charge in [-0.15, -0.1) is 0 Å². The molecule has 3 N–H and O–H groups in total. The second-order valence-corrected chi connectivity index (χ2v) is 4.15. The Morgan fingerprint density at radius 3 is 2.68 bits per heavy atom. The molecule has 0 atom stereocenters. The fraction of sp³-hybridized carbons (Fsp3) is 0.308. The van der Waals surface area contributed by atoms with Crippen molar-refractivity contribution in [3.8, 4) is 0 Å². The molecule has 1 aromatic heterocycles. The average Bonchev–Trinajstić information content (AvgIpc) is 2.83. The molecule has 1 heterocycles. The first-order valence-electron chi connectivity index (χ1n) is 6.05. The third kappa shape index (κ3) is 3.62. The van der Waals surface area contributed by atoms with E-state index in [4.69, 9.17) is 10.3 Å². The molecule has 2 aromatic rings. The second kappa shape index (κ2) is 6.10. The van der Waals surface area contributed by atoms with Crippen LogP contribution in [0.1, 0.15) is 27.6 Å². The van der Waals surface area contributed by atoms with Gasteiger partial charge in [0.15, 0.2) is 5.82 Å². The average molecular weight is 260 g/mol. The third-order valence-corrected chi connectivity index (χ3v) is 2.63. The molecule has 1 amide bonds. The van der Waals surface area contributed by atoms with Crippen LogP contribution in [0.25, 0.3) is 0 Å². The summed E-state index contributed by atoms with van der Waals surface area (Å²) in [7, 11) is 0. The van der Waals surface area contributed by atoms with Crippen LogP contribution in [0.3, 0.4) is 0 Å². The van der Waals surface area contributed by atoms with Crippen LogP contribution in [0.15, 0.2) is 28.8 Å². The van der Waals surface area contributed by atoms with Crippen LogP contribution >= 0.6 is 0 Å². The highest BCUT2D eigenvalue weighted by Crippen LogP contribution is 2.05. The molecule has 0 radical (unpaired) electrons. The van der Waals surface area contributed by atoms with Crippen molar-refractivity contribution in [2.24, 2.45) is 5.73 Å². The summed E-state index contributed by atoms with van der Waals surface area (Å²) in [4.78, 5) is 15.9. The minimum atomic E-state index is -0.165. The maximum absolute atomic E-state index is 11.9. The first-order chi connectivity index (χ1) is 9.19. The number of carbonyl (C=O) groups is 1. The van der Waals surface area contributed by atoms with Crippen molar-refractivity contribution >= 4 is 5.91 Å². The highest BCUT2D eigenvalue weighted by Gasteiger charge is 2.07. The summed E-state index contributed by atoms with van der Waals surface area (Å²) >= 11 is 0. The smallest absolute Gasteiger partial charge is 0.251 e. The lowest BCUT2D eigenvalue weighted by Crippen LogP contribution is -2.23. The molecule has 6 nitrogen and oxygen atoms in total. The number of carbonyl (C=O) groups excluding carboxylic acids is 1. The number of rotatable bonds is 5. The first kappa shape index (κ1) is 13.2. The Balaban J connectivity index is 1.92. The highest BCUT2D eigenvalue weighted by molar-refractivity contribution is 5.94. The molecule has 0 aliphatic heterocycles. The summed E-state index contributed by atoms with van der Waals surface area (Å²) in [6.45, 7) is 2.55. The summed E-state index contributed by atoms with van der Waals surface area (Å²) in [5.41, 5.74) is 7.19. The minimum Gasteiger partial charge on any atom is -0.345 e. The maximum Gasteiger partial charge on any atom is 0.251 e. The SMILES string of the molecule is Cc1nc(CNC(=O)c2ccc(CCN)cc2)no1. The lowest BCUT2D eigenvalue weighted by Gasteiger charge is -2.04. The zero-order valence-corrected chi connectivity index (χ0v) is 10.7. The van der Waals surface area contributed by atoms with Crippen molar-refractivity contribution < 1.29 is 9.32 Å². The van der Waals surface area contributed by atoms with E-state index < -0.39 is 0 Å². The van der Waals surface area contributed by atoms with Crippen LogP contribution in [0.5, 0.6) is 0 Å². The Labute approximate surface area is 111 Å². The summed E-state index contributed by atoms with van der Waals surface area (Å²) in [6.07, 6.45) is 0.810. The fourth-order valence-corrected chi connectivity index (χ4v) is 1.66. The zero-order valence-electron chi connectivity index (χ0n) is 10.7. The normalized spacial score (nSPS) is 10.4. The largest absolute Gasteiger partial charge is 0.345 e. The van der Waals surface area contributed by atoms with Crippen LogP contribution in [0.2, 0.25) is 0 Å². The van der Waals surface area contributed by atoms with Gasteiger partial charge in [0.1, 0.15) is 0 Å². The van der Waals surface area contributed by atoms with Crippen molar-refractivity contribution in [3.63, 3.8) is 0 Å². The van der Waals surface area contributed by atoms with Gasteiger partial charge in [-0.3, -0.25) is 4.79 Å². The van der Waals surface area contributed by atoms with E-state index in [1.165, 1.54) is 0 Å². The van der Waals surface area contributed by atoms with Gasteiger partial charge in [-0.25, -0.2) is 0 Å². The Morgan fingerprint density at radius 1 is 1.37 bits per heavy atom.